The van der Waals surface area contributed by atoms with Gasteiger partial charge in [-0.15, -0.1) is 0 Å². The van der Waals surface area contributed by atoms with E-state index in [2.05, 4.69) is 27.8 Å². The number of rotatable bonds is 2. The van der Waals surface area contributed by atoms with Gasteiger partial charge < -0.3 is 20.3 Å². The molecule has 2 aromatic heterocycles. The lowest BCUT2D eigenvalue weighted by atomic mass is 9.97. The molecule has 6 nitrogen and oxygen atoms in total. The van der Waals surface area contributed by atoms with Gasteiger partial charge in [0.15, 0.2) is 5.96 Å². The van der Waals surface area contributed by atoms with Gasteiger partial charge in [-0.25, -0.2) is 0 Å². The van der Waals surface area contributed by atoms with E-state index in [9.17, 15) is 5.11 Å². The highest BCUT2D eigenvalue weighted by molar-refractivity contribution is 6.06. The molecule has 1 aromatic carbocycles. The van der Waals surface area contributed by atoms with Crippen LogP contribution in [-0.2, 0) is 5.60 Å². The number of piperidine rings is 1. The van der Waals surface area contributed by atoms with Gasteiger partial charge in [-0.1, -0.05) is 12.1 Å². The van der Waals surface area contributed by atoms with Crippen LogP contribution < -0.4 is 5.73 Å². The normalized spacial score (nSPS) is 18.6. The molecule has 3 aromatic rings. The molecule has 4 rings (SSSR count). The van der Waals surface area contributed by atoms with Crippen molar-refractivity contribution < 1.29 is 5.11 Å². The van der Waals surface area contributed by atoms with Gasteiger partial charge in [-0.2, -0.15) is 0 Å². The van der Waals surface area contributed by atoms with E-state index in [4.69, 9.17) is 11.1 Å². The lowest BCUT2D eigenvalue weighted by molar-refractivity contribution is 0.0787. The predicted octanol–water partition coefficient (Wildman–Crippen LogP) is 2.95. The molecule has 136 valence electrons. The second-order valence-corrected chi connectivity index (χ2v) is 7.66. The van der Waals surface area contributed by atoms with Gasteiger partial charge in [0.05, 0.1) is 28.2 Å². The number of likely N-dealkylation sites (tertiary alicyclic amines) is 1. The average Bonchev–Trinajstić information content (AvgIpc) is 2.95. The molecule has 0 radical (unpaired) electrons. The van der Waals surface area contributed by atoms with Crippen LogP contribution in [0.15, 0.2) is 36.5 Å². The van der Waals surface area contributed by atoms with Crippen molar-refractivity contribution in [2.75, 3.05) is 13.1 Å². The molecule has 4 N–H and O–H groups in total. The predicted molar refractivity (Wildman–Crippen MR) is 104 cm³/mol. The van der Waals surface area contributed by atoms with Gasteiger partial charge >= 0.3 is 0 Å². The maximum absolute atomic E-state index is 10.5. The Morgan fingerprint density at radius 2 is 2.12 bits per heavy atom. The summed E-state index contributed by atoms with van der Waals surface area (Å²) in [6.45, 7) is 5.15. The Morgan fingerprint density at radius 3 is 2.85 bits per heavy atom. The monoisotopic (exact) mass is 351 g/mol. The zero-order chi connectivity index (χ0) is 18.5. The van der Waals surface area contributed by atoms with Crippen molar-refractivity contribution in [1.82, 2.24) is 14.5 Å². The molecule has 1 atom stereocenters. The van der Waals surface area contributed by atoms with Crippen LogP contribution in [0.5, 0.6) is 0 Å². The zero-order valence-corrected chi connectivity index (χ0v) is 15.2. The molecule has 0 aliphatic carbocycles. The summed E-state index contributed by atoms with van der Waals surface area (Å²) in [4.78, 5) is 6.54. The molecule has 6 heteroatoms. The number of fused-ring (bicyclic) bond motifs is 3. The minimum Gasteiger partial charge on any atom is -0.386 e. The molecule has 1 aliphatic heterocycles. The first kappa shape index (κ1) is 16.8. The highest BCUT2D eigenvalue weighted by atomic mass is 16.3. The van der Waals surface area contributed by atoms with Gasteiger partial charge in [0.1, 0.15) is 0 Å². The fourth-order valence-corrected chi connectivity index (χ4v) is 4.02. The van der Waals surface area contributed by atoms with E-state index in [0.29, 0.717) is 0 Å². The maximum atomic E-state index is 10.5. The molecular formula is C20H25N5O. The van der Waals surface area contributed by atoms with Crippen molar-refractivity contribution in [1.29, 1.82) is 5.41 Å². The van der Waals surface area contributed by atoms with E-state index in [-0.39, 0.29) is 12.0 Å². The van der Waals surface area contributed by atoms with Crippen molar-refractivity contribution in [3.63, 3.8) is 0 Å². The first-order valence-corrected chi connectivity index (χ1v) is 9.07. The Balaban J connectivity index is 1.94. The smallest absolute Gasteiger partial charge is 0.188 e. The van der Waals surface area contributed by atoms with E-state index >= 15 is 0 Å². The number of nitrogens with two attached hydrogens (primary N) is 1. The molecule has 1 fully saturated rings. The number of nitrogens with one attached hydrogen (secondary N) is 1. The summed E-state index contributed by atoms with van der Waals surface area (Å²) in [6, 6.07) is 10.4. The highest BCUT2D eigenvalue weighted by Crippen LogP contribution is 2.35. The average molecular weight is 351 g/mol. The van der Waals surface area contributed by atoms with E-state index in [1.54, 1.807) is 13.8 Å². The van der Waals surface area contributed by atoms with Crippen LogP contribution in [0.25, 0.3) is 21.9 Å². The number of hydrogen-bond donors (Lipinski definition) is 3. The standard InChI is InChI=1S/C20H25N5O/c1-20(2,26)13-7-8-15-17(11-13)25(16-6-3-9-23-18(15)16)14-5-4-10-24(12-14)19(21)22/h3,6-9,11,14,26H,4-5,10,12H2,1-2H3,(H3,21,22). The van der Waals surface area contributed by atoms with Crippen LogP contribution in [0.4, 0.5) is 0 Å². The Labute approximate surface area is 152 Å². The Bertz CT molecular complexity index is 985. The number of hydrogen-bond acceptors (Lipinski definition) is 3. The van der Waals surface area contributed by atoms with E-state index < -0.39 is 5.60 Å². The van der Waals surface area contributed by atoms with Crippen molar-refractivity contribution >= 4 is 27.9 Å². The lowest BCUT2D eigenvalue weighted by Gasteiger charge is -2.34. The third-order valence-electron chi connectivity index (χ3n) is 5.37. The first-order chi connectivity index (χ1) is 12.4. The van der Waals surface area contributed by atoms with E-state index in [0.717, 1.165) is 53.4 Å². The number of aromatic nitrogens is 2. The largest absolute Gasteiger partial charge is 0.386 e. The molecule has 3 heterocycles. The van der Waals surface area contributed by atoms with Crippen LogP contribution in [0, 0.1) is 5.41 Å². The summed E-state index contributed by atoms with van der Waals surface area (Å²) in [5.41, 5.74) is 8.87. The Morgan fingerprint density at radius 1 is 1.31 bits per heavy atom. The van der Waals surface area contributed by atoms with Crippen molar-refractivity contribution in [2.45, 2.75) is 38.3 Å². The molecule has 0 amide bonds. The molecular weight excluding hydrogens is 326 g/mol. The van der Waals surface area contributed by atoms with Crippen LogP contribution in [-0.4, -0.2) is 38.6 Å². The van der Waals surface area contributed by atoms with E-state index in [1.165, 1.54) is 0 Å². The second kappa shape index (κ2) is 5.99. The van der Waals surface area contributed by atoms with Crippen molar-refractivity contribution in [3.8, 4) is 0 Å². The van der Waals surface area contributed by atoms with Crippen molar-refractivity contribution in [2.24, 2.45) is 5.73 Å². The van der Waals surface area contributed by atoms with Gasteiger partial charge in [0.2, 0.25) is 0 Å². The molecule has 1 saturated heterocycles. The molecule has 0 saturated carbocycles. The maximum Gasteiger partial charge on any atom is 0.188 e. The number of guanidine groups is 1. The van der Waals surface area contributed by atoms with Gasteiger partial charge in [0.25, 0.3) is 0 Å². The summed E-state index contributed by atoms with van der Waals surface area (Å²) in [6.07, 6.45) is 3.85. The zero-order valence-electron chi connectivity index (χ0n) is 15.2. The quantitative estimate of drug-likeness (QED) is 0.489. The van der Waals surface area contributed by atoms with Gasteiger partial charge in [-0.05, 0) is 50.5 Å². The molecule has 1 aliphatic rings. The third kappa shape index (κ3) is 2.70. The molecule has 0 bridgehead atoms. The first-order valence-electron chi connectivity index (χ1n) is 9.07. The summed E-state index contributed by atoms with van der Waals surface area (Å²) in [5.74, 6) is 0.130. The lowest BCUT2D eigenvalue weighted by Crippen LogP contribution is -2.43. The van der Waals surface area contributed by atoms with Crippen LogP contribution in [0.1, 0.15) is 38.3 Å². The van der Waals surface area contributed by atoms with Gasteiger partial charge in [0, 0.05) is 24.7 Å². The topological polar surface area (TPSA) is 91.2 Å². The Kier molecular flexibility index (Phi) is 3.88. The molecule has 26 heavy (non-hydrogen) atoms. The highest BCUT2D eigenvalue weighted by Gasteiger charge is 2.26. The fraction of sp³-hybridized carbons (Fsp3) is 0.400. The summed E-state index contributed by atoms with van der Waals surface area (Å²) in [5, 5.41) is 19.3. The number of nitrogens with zero attached hydrogens (tertiary/aromatic N) is 3. The van der Waals surface area contributed by atoms with Crippen LogP contribution in [0.2, 0.25) is 0 Å². The number of benzene rings is 1. The Hall–Kier alpha value is -2.60. The SMILES string of the molecule is CC(C)(O)c1ccc2c3ncccc3n(C3CCCN(C(=N)N)C3)c2c1. The minimum absolute atomic E-state index is 0.130. The van der Waals surface area contributed by atoms with Crippen LogP contribution in [0.3, 0.4) is 0 Å². The van der Waals surface area contributed by atoms with E-state index in [1.807, 2.05) is 23.2 Å². The number of aliphatic hydroxyl groups is 1. The van der Waals surface area contributed by atoms with Crippen molar-refractivity contribution in [3.05, 3.63) is 42.1 Å². The fourth-order valence-electron chi connectivity index (χ4n) is 4.02. The van der Waals surface area contributed by atoms with Crippen LogP contribution >= 0.6 is 0 Å². The summed E-state index contributed by atoms with van der Waals surface area (Å²) in [7, 11) is 0. The number of pyridine rings is 1. The summed E-state index contributed by atoms with van der Waals surface area (Å²) >= 11 is 0. The summed E-state index contributed by atoms with van der Waals surface area (Å²) < 4.78 is 2.32. The second-order valence-electron chi connectivity index (χ2n) is 7.66. The molecule has 0 spiro atoms. The molecule has 1 unspecified atom stereocenters. The van der Waals surface area contributed by atoms with Gasteiger partial charge in [-0.3, -0.25) is 10.4 Å². The third-order valence-corrected chi connectivity index (χ3v) is 5.37. The minimum atomic E-state index is -0.902.